The van der Waals surface area contributed by atoms with E-state index in [2.05, 4.69) is 4.72 Å². The van der Waals surface area contributed by atoms with Crippen LogP contribution in [0, 0.1) is 0 Å². The molecule has 1 rings (SSSR count). The minimum Gasteiger partial charge on any atom is -0.389 e. The molecule has 0 aliphatic carbocycles. The smallest absolute Gasteiger partial charge is 0.240 e. The van der Waals surface area contributed by atoms with Crippen LogP contribution in [0.25, 0.3) is 0 Å². The molecule has 0 aliphatic rings. The zero-order valence-corrected chi connectivity index (χ0v) is 12.0. The van der Waals surface area contributed by atoms with E-state index < -0.39 is 10.0 Å². The fourth-order valence-corrected chi connectivity index (χ4v) is 2.44. The zero-order valence-electron chi connectivity index (χ0n) is 10.4. The third kappa shape index (κ3) is 4.34. The molecule has 1 aromatic rings. The van der Waals surface area contributed by atoms with E-state index in [1.165, 1.54) is 12.1 Å². The van der Waals surface area contributed by atoms with Crippen molar-refractivity contribution in [3.63, 3.8) is 0 Å². The minimum absolute atomic E-state index is 0.209. The average molecular weight is 287 g/mol. The predicted octanol–water partition coefficient (Wildman–Crippen LogP) is 0.161. The number of rotatable bonds is 6. The molecule has 0 amide bonds. The summed E-state index contributed by atoms with van der Waals surface area (Å²) in [6.45, 7) is 1.01. The van der Waals surface area contributed by atoms with Gasteiger partial charge in [0.2, 0.25) is 10.0 Å². The second kappa shape index (κ2) is 6.24. The molecule has 0 atom stereocenters. The van der Waals surface area contributed by atoms with Gasteiger partial charge < -0.3 is 10.6 Å². The highest BCUT2D eigenvalue weighted by atomic mass is 32.2. The summed E-state index contributed by atoms with van der Waals surface area (Å²) >= 11 is 4.80. The first kappa shape index (κ1) is 15.0. The van der Waals surface area contributed by atoms with E-state index in [9.17, 15) is 8.42 Å². The molecule has 0 aromatic heterocycles. The number of benzene rings is 1. The summed E-state index contributed by atoms with van der Waals surface area (Å²) in [5.41, 5.74) is 6.10. The highest BCUT2D eigenvalue weighted by Gasteiger charge is 2.13. The van der Waals surface area contributed by atoms with Crippen LogP contribution in [-0.2, 0) is 10.0 Å². The van der Waals surface area contributed by atoms with Crippen LogP contribution < -0.4 is 10.5 Å². The molecule has 0 aliphatic heterocycles. The van der Waals surface area contributed by atoms with E-state index in [1.54, 1.807) is 12.1 Å². The molecule has 18 heavy (non-hydrogen) atoms. The topological polar surface area (TPSA) is 75.4 Å². The highest BCUT2D eigenvalue weighted by Crippen LogP contribution is 2.10. The molecule has 3 N–H and O–H groups in total. The number of nitrogens with two attached hydrogens (primary N) is 1. The lowest BCUT2D eigenvalue weighted by atomic mass is 10.2. The number of hydrogen-bond donors (Lipinski definition) is 2. The van der Waals surface area contributed by atoms with Crippen LogP contribution in [0.5, 0.6) is 0 Å². The van der Waals surface area contributed by atoms with Crippen molar-refractivity contribution in [3.8, 4) is 0 Å². The first-order valence-electron chi connectivity index (χ1n) is 5.37. The summed E-state index contributed by atoms with van der Waals surface area (Å²) in [7, 11) is 0.301. The standard InChI is InChI=1S/C11H17N3O2S2/c1-14(2)8-7-13-18(15,16)10-5-3-9(4-6-10)11(12)17/h3-6,13H,7-8H2,1-2H3,(H2,12,17). The van der Waals surface area contributed by atoms with Gasteiger partial charge in [0.05, 0.1) is 4.90 Å². The average Bonchev–Trinajstić information content (AvgIpc) is 2.28. The first-order chi connectivity index (χ1) is 8.33. The van der Waals surface area contributed by atoms with Gasteiger partial charge in [0.1, 0.15) is 4.99 Å². The lowest BCUT2D eigenvalue weighted by Crippen LogP contribution is -2.31. The highest BCUT2D eigenvalue weighted by molar-refractivity contribution is 7.89. The molecule has 0 unspecified atom stereocenters. The van der Waals surface area contributed by atoms with Gasteiger partial charge in [-0.05, 0) is 26.2 Å². The Kier molecular flexibility index (Phi) is 5.21. The maximum absolute atomic E-state index is 11.9. The molecule has 0 spiro atoms. The van der Waals surface area contributed by atoms with Crippen molar-refractivity contribution in [3.05, 3.63) is 29.8 Å². The Bertz CT molecular complexity index is 510. The van der Waals surface area contributed by atoms with Gasteiger partial charge in [0.25, 0.3) is 0 Å². The van der Waals surface area contributed by atoms with Crippen LogP contribution >= 0.6 is 12.2 Å². The molecule has 1 aromatic carbocycles. The summed E-state index contributed by atoms with van der Waals surface area (Å²) in [5.74, 6) is 0. The molecular formula is C11H17N3O2S2. The van der Waals surface area contributed by atoms with Gasteiger partial charge in [-0.15, -0.1) is 0 Å². The van der Waals surface area contributed by atoms with Crippen molar-refractivity contribution in [1.29, 1.82) is 0 Å². The first-order valence-corrected chi connectivity index (χ1v) is 7.26. The largest absolute Gasteiger partial charge is 0.389 e. The quantitative estimate of drug-likeness (QED) is 0.729. The molecule has 0 heterocycles. The molecule has 0 fully saturated rings. The van der Waals surface area contributed by atoms with Crippen LogP contribution in [0.4, 0.5) is 0 Å². The second-order valence-corrected chi connectivity index (χ2v) is 6.30. The summed E-state index contributed by atoms with van der Waals surface area (Å²) in [6.07, 6.45) is 0. The Morgan fingerprint density at radius 3 is 2.33 bits per heavy atom. The summed E-state index contributed by atoms with van der Waals surface area (Å²) in [4.78, 5) is 2.36. The van der Waals surface area contributed by atoms with Crippen molar-refractivity contribution >= 4 is 27.2 Å². The number of likely N-dealkylation sites (N-methyl/N-ethyl adjacent to an activating group) is 1. The zero-order chi connectivity index (χ0) is 13.8. The van der Waals surface area contributed by atoms with Crippen molar-refractivity contribution in [1.82, 2.24) is 9.62 Å². The number of thiocarbonyl (C=S) groups is 1. The molecule has 0 radical (unpaired) electrons. The molecule has 0 bridgehead atoms. The van der Waals surface area contributed by atoms with Crippen LogP contribution in [0.15, 0.2) is 29.2 Å². The summed E-state index contributed by atoms with van der Waals surface area (Å²) in [6, 6.07) is 6.19. The van der Waals surface area contributed by atoms with E-state index in [0.29, 0.717) is 18.7 Å². The van der Waals surface area contributed by atoms with E-state index in [4.69, 9.17) is 18.0 Å². The van der Waals surface area contributed by atoms with E-state index in [0.717, 1.165) is 0 Å². The lowest BCUT2D eigenvalue weighted by molar-refractivity contribution is 0.412. The normalized spacial score (nSPS) is 11.7. The molecule has 7 heteroatoms. The fourth-order valence-electron chi connectivity index (χ4n) is 1.29. The maximum Gasteiger partial charge on any atom is 0.240 e. The van der Waals surface area contributed by atoms with E-state index in [-0.39, 0.29) is 9.88 Å². The fraction of sp³-hybridized carbons (Fsp3) is 0.364. The second-order valence-electron chi connectivity index (χ2n) is 4.09. The number of nitrogens with zero attached hydrogens (tertiary/aromatic N) is 1. The minimum atomic E-state index is -3.46. The summed E-state index contributed by atoms with van der Waals surface area (Å²) in [5, 5.41) is 0. The monoisotopic (exact) mass is 287 g/mol. The third-order valence-electron chi connectivity index (χ3n) is 2.30. The van der Waals surface area contributed by atoms with Crippen molar-refractivity contribution < 1.29 is 8.42 Å². The number of nitrogens with one attached hydrogen (secondary N) is 1. The Hall–Kier alpha value is -1.02. The van der Waals surface area contributed by atoms with Gasteiger partial charge in [-0.3, -0.25) is 0 Å². The molecule has 0 saturated carbocycles. The van der Waals surface area contributed by atoms with Gasteiger partial charge in [-0.1, -0.05) is 24.4 Å². The van der Waals surface area contributed by atoms with Crippen LogP contribution in [0.1, 0.15) is 5.56 Å². The van der Waals surface area contributed by atoms with Gasteiger partial charge in [0, 0.05) is 18.7 Å². The summed E-state index contributed by atoms with van der Waals surface area (Å²) < 4.78 is 26.3. The van der Waals surface area contributed by atoms with Gasteiger partial charge >= 0.3 is 0 Å². The van der Waals surface area contributed by atoms with Crippen molar-refractivity contribution in [2.24, 2.45) is 5.73 Å². The molecule has 0 saturated heterocycles. The van der Waals surface area contributed by atoms with Gasteiger partial charge in [-0.2, -0.15) is 0 Å². The Morgan fingerprint density at radius 2 is 1.89 bits per heavy atom. The number of sulfonamides is 1. The van der Waals surface area contributed by atoms with Crippen LogP contribution in [-0.4, -0.2) is 45.5 Å². The van der Waals surface area contributed by atoms with Crippen LogP contribution in [0.2, 0.25) is 0 Å². The third-order valence-corrected chi connectivity index (χ3v) is 4.01. The van der Waals surface area contributed by atoms with E-state index >= 15 is 0 Å². The Morgan fingerprint density at radius 1 is 1.33 bits per heavy atom. The molecule has 100 valence electrons. The van der Waals surface area contributed by atoms with Gasteiger partial charge in [-0.25, -0.2) is 13.1 Å². The van der Waals surface area contributed by atoms with Crippen LogP contribution in [0.3, 0.4) is 0 Å². The molecular weight excluding hydrogens is 270 g/mol. The van der Waals surface area contributed by atoms with Crippen molar-refractivity contribution in [2.75, 3.05) is 27.2 Å². The van der Waals surface area contributed by atoms with Crippen molar-refractivity contribution in [2.45, 2.75) is 4.90 Å². The Labute approximate surface area is 113 Å². The SMILES string of the molecule is CN(C)CCNS(=O)(=O)c1ccc(C(N)=S)cc1. The Balaban J connectivity index is 2.76. The number of hydrogen-bond acceptors (Lipinski definition) is 4. The maximum atomic E-state index is 11.9. The lowest BCUT2D eigenvalue weighted by Gasteiger charge is -2.11. The van der Waals surface area contributed by atoms with E-state index in [1.807, 2.05) is 19.0 Å². The van der Waals surface area contributed by atoms with Gasteiger partial charge in [0.15, 0.2) is 0 Å². The molecule has 5 nitrogen and oxygen atoms in total. The predicted molar refractivity (Wildman–Crippen MR) is 76.1 cm³/mol.